The van der Waals surface area contributed by atoms with Crippen LogP contribution < -0.4 is 10.6 Å². The molecule has 1 aliphatic carbocycles. The summed E-state index contributed by atoms with van der Waals surface area (Å²) in [5.74, 6) is -0.512. The van der Waals surface area contributed by atoms with E-state index < -0.39 is 17.5 Å². The highest BCUT2D eigenvalue weighted by Crippen LogP contribution is 2.22. The summed E-state index contributed by atoms with van der Waals surface area (Å²) in [6.07, 6.45) is 0.404. The maximum atomic E-state index is 13.2. The van der Waals surface area contributed by atoms with Crippen LogP contribution >= 0.6 is 0 Å². The van der Waals surface area contributed by atoms with E-state index in [2.05, 4.69) is 10.6 Å². The third kappa shape index (κ3) is 4.71. The average Bonchev–Trinajstić information content (AvgIpc) is 3.13. The summed E-state index contributed by atoms with van der Waals surface area (Å²) in [6, 6.07) is 6.50. The number of nitrogens with zero attached hydrogens (tertiary/aromatic N) is 1. The number of rotatable bonds is 4. The Balaban J connectivity index is 1.76. The van der Waals surface area contributed by atoms with Crippen LogP contribution in [0.3, 0.4) is 0 Å². The van der Waals surface area contributed by atoms with Gasteiger partial charge in [0.2, 0.25) is 0 Å². The number of carbonyl (C=O) groups is 1. The van der Waals surface area contributed by atoms with Gasteiger partial charge in [-0.1, -0.05) is 6.07 Å². The Morgan fingerprint density at radius 3 is 2.82 bits per heavy atom. The van der Waals surface area contributed by atoms with Crippen molar-refractivity contribution < 1.29 is 13.9 Å². The molecule has 5 nitrogen and oxygen atoms in total. The Morgan fingerprint density at radius 2 is 2.18 bits per heavy atom. The molecule has 1 aromatic carbocycles. The third-order valence-electron chi connectivity index (χ3n) is 3.21. The number of halogens is 1. The SMILES string of the molecule is CC(C)(C)OC(=O)NC1CC1NCc1ccc(F)c(C#N)c1. The number of benzene rings is 1. The van der Waals surface area contributed by atoms with E-state index in [1.165, 1.54) is 12.1 Å². The molecular weight excluding hydrogens is 285 g/mol. The summed E-state index contributed by atoms with van der Waals surface area (Å²) >= 11 is 0. The van der Waals surface area contributed by atoms with Crippen molar-refractivity contribution >= 4 is 6.09 Å². The zero-order chi connectivity index (χ0) is 16.3. The summed E-state index contributed by atoms with van der Waals surface area (Å²) in [7, 11) is 0. The van der Waals surface area contributed by atoms with Crippen LogP contribution in [0.2, 0.25) is 0 Å². The van der Waals surface area contributed by atoms with Crippen LogP contribution in [0.15, 0.2) is 18.2 Å². The third-order valence-corrected chi connectivity index (χ3v) is 3.21. The fraction of sp³-hybridized carbons (Fsp3) is 0.500. The topological polar surface area (TPSA) is 74.2 Å². The molecule has 1 fully saturated rings. The van der Waals surface area contributed by atoms with E-state index in [1.807, 2.05) is 26.8 Å². The van der Waals surface area contributed by atoms with E-state index in [-0.39, 0.29) is 17.6 Å². The van der Waals surface area contributed by atoms with Crippen LogP contribution in [0.4, 0.5) is 9.18 Å². The molecule has 0 aromatic heterocycles. The van der Waals surface area contributed by atoms with Gasteiger partial charge in [-0.05, 0) is 44.9 Å². The molecule has 22 heavy (non-hydrogen) atoms. The van der Waals surface area contributed by atoms with E-state index in [9.17, 15) is 9.18 Å². The molecule has 1 aliphatic rings. The van der Waals surface area contributed by atoms with Gasteiger partial charge >= 0.3 is 6.09 Å². The molecule has 1 amide bonds. The van der Waals surface area contributed by atoms with Gasteiger partial charge < -0.3 is 15.4 Å². The molecule has 0 spiro atoms. The van der Waals surface area contributed by atoms with Crippen LogP contribution in [-0.2, 0) is 11.3 Å². The zero-order valence-corrected chi connectivity index (χ0v) is 12.9. The fourth-order valence-electron chi connectivity index (χ4n) is 2.06. The van der Waals surface area contributed by atoms with Crippen molar-refractivity contribution in [1.82, 2.24) is 10.6 Å². The fourth-order valence-corrected chi connectivity index (χ4v) is 2.06. The lowest BCUT2D eigenvalue weighted by atomic mass is 10.1. The van der Waals surface area contributed by atoms with Gasteiger partial charge in [0.25, 0.3) is 0 Å². The van der Waals surface area contributed by atoms with Crippen LogP contribution in [0.1, 0.15) is 38.3 Å². The number of hydrogen-bond donors (Lipinski definition) is 2. The largest absolute Gasteiger partial charge is 0.444 e. The van der Waals surface area contributed by atoms with Crippen molar-refractivity contribution in [2.45, 2.75) is 51.4 Å². The minimum Gasteiger partial charge on any atom is -0.444 e. The number of amides is 1. The van der Waals surface area contributed by atoms with Gasteiger partial charge in [0.05, 0.1) is 5.56 Å². The van der Waals surface area contributed by atoms with Gasteiger partial charge in [-0.2, -0.15) is 5.26 Å². The maximum absolute atomic E-state index is 13.2. The van der Waals surface area contributed by atoms with Crippen LogP contribution in [0, 0.1) is 17.1 Å². The Hall–Kier alpha value is -2.13. The molecular formula is C16H20FN3O2. The summed E-state index contributed by atoms with van der Waals surface area (Å²) in [5, 5.41) is 14.8. The number of nitriles is 1. The van der Waals surface area contributed by atoms with Crippen molar-refractivity contribution in [3.05, 3.63) is 35.1 Å². The second kappa shape index (κ2) is 6.32. The Morgan fingerprint density at radius 1 is 1.45 bits per heavy atom. The second-order valence-corrected chi connectivity index (χ2v) is 6.40. The minimum absolute atomic E-state index is 0.0403. The summed E-state index contributed by atoms with van der Waals surface area (Å²) in [5.41, 5.74) is 0.364. The number of hydrogen-bond acceptors (Lipinski definition) is 4. The standard InChI is InChI=1S/C16H20FN3O2/c1-16(2,3)22-15(21)20-14-7-13(14)19-9-10-4-5-12(17)11(6-10)8-18/h4-6,13-14,19H,7,9H2,1-3H3,(H,20,21). The van der Waals surface area contributed by atoms with Gasteiger partial charge in [-0.3, -0.25) is 0 Å². The predicted molar refractivity (Wildman–Crippen MR) is 79.5 cm³/mol. The number of nitrogens with one attached hydrogen (secondary N) is 2. The Kier molecular flexibility index (Phi) is 4.67. The van der Waals surface area contributed by atoms with E-state index in [0.29, 0.717) is 6.54 Å². The lowest BCUT2D eigenvalue weighted by Gasteiger charge is -2.19. The smallest absolute Gasteiger partial charge is 0.407 e. The lowest BCUT2D eigenvalue weighted by Crippen LogP contribution is -2.36. The quantitative estimate of drug-likeness (QED) is 0.896. The van der Waals surface area contributed by atoms with Crippen molar-refractivity contribution in [1.29, 1.82) is 5.26 Å². The van der Waals surface area contributed by atoms with E-state index >= 15 is 0 Å². The van der Waals surface area contributed by atoms with Crippen molar-refractivity contribution in [3.63, 3.8) is 0 Å². The number of ether oxygens (including phenoxy) is 1. The van der Waals surface area contributed by atoms with E-state index in [4.69, 9.17) is 10.00 Å². The van der Waals surface area contributed by atoms with Gasteiger partial charge in [0, 0.05) is 18.6 Å². The molecule has 2 unspecified atom stereocenters. The Labute approximate surface area is 129 Å². The lowest BCUT2D eigenvalue weighted by molar-refractivity contribution is 0.0522. The first-order valence-corrected chi connectivity index (χ1v) is 7.20. The predicted octanol–water partition coefficient (Wildman–Crippen LogP) is 2.45. The monoisotopic (exact) mass is 305 g/mol. The number of alkyl carbamates (subject to hydrolysis) is 1. The molecule has 0 radical (unpaired) electrons. The molecule has 6 heteroatoms. The highest BCUT2D eigenvalue weighted by molar-refractivity contribution is 5.68. The van der Waals surface area contributed by atoms with Gasteiger partial charge in [-0.15, -0.1) is 0 Å². The van der Waals surface area contributed by atoms with E-state index in [1.54, 1.807) is 6.07 Å². The molecule has 0 aliphatic heterocycles. The zero-order valence-electron chi connectivity index (χ0n) is 12.9. The summed E-state index contributed by atoms with van der Waals surface area (Å²) in [4.78, 5) is 11.6. The molecule has 118 valence electrons. The second-order valence-electron chi connectivity index (χ2n) is 6.40. The van der Waals surface area contributed by atoms with Gasteiger partial charge in [-0.25, -0.2) is 9.18 Å². The average molecular weight is 305 g/mol. The molecule has 2 rings (SSSR count). The molecule has 0 saturated heterocycles. The highest BCUT2D eigenvalue weighted by atomic mass is 19.1. The normalized spacial score (nSPS) is 20.1. The minimum atomic E-state index is -0.512. The van der Waals surface area contributed by atoms with Crippen LogP contribution in [0.5, 0.6) is 0 Å². The first-order valence-electron chi connectivity index (χ1n) is 7.20. The van der Waals surface area contributed by atoms with Gasteiger partial charge in [0.1, 0.15) is 17.5 Å². The highest BCUT2D eigenvalue weighted by Gasteiger charge is 2.38. The van der Waals surface area contributed by atoms with E-state index in [0.717, 1.165) is 12.0 Å². The van der Waals surface area contributed by atoms with Crippen molar-refractivity contribution in [2.24, 2.45) is 0 Å². The Bertz CT molecular complexity index is 604. The summed E-state index contributed by atoms with van der Waals surface area (Å²) < 4.78 is 18.4. The molecule has 1 aromatic rings. The van der Waals surface area contributed by atoms with Crippen LogP contribution in [-0.4, -0.2) is 23.8 Å². The molecule has 2 atom stereocenters. The molecule has 2 N–H and O–H groups in total. The number of carbonyl (C=O) groups excluding carboxylic acids is 1. The molecule has 0 bridgehead atoms. The van der Waals surface area contributed by atoms with Crippen molar-refractivity contribution in [2.75, 3.05) is 0 Å². The first-order chi connectivity index (χ1) is 10.3. The molecule has 1 saturated carbocycles. The van der Waals surface area contributed by atoms with Gasteiger partial charge in [0.15, 0.2) is 0 Å². The summed E-state index contributed by atoms with van der Waals surface area (Å²) in [6.45, 7) is 5.97. The van der Waals surface area contributed by atoms with Crippen molar-refractivity contribution in [3.8, 4) is 6.07 Å². The van der Waals surface area contributed by atoms with Crippen LogP contribution in [0.25, 0.3) is 0 Å². The maximum Gasteiger partial charge on any atom is 0.407 e. The molecule has 0 heterocycles. The first kappa shape index (κ1) is 16.2.